The molecule has 0 bridgehead atoms. The van der Waals surface area contributed by atoms with Crippen LogP contribution in [0.1, 0.15) is 65.4 Å². The van der Waals surface area contributed by atoms with Crippen LogP contribution in [0, 0.1) is 5.92 Å². The van der Waals surface area contributed by atoms with Crippen LogP contribution in [-0.2, 0) is 9.53 Å². The molecule has 124 valence electrons. The second-order valence-corrected chi connectivity index (χ2v) is 5.92. The van der Waals surface area contributed by atoms with Crippen molar-refractivity contribution in [1.29, 1.82) is 0 Å². The molecule has 0 aliphatic carbocycles. The molecule has 0 heterocycles. The first-order valence-corrected chi connectivity index (χ1v) is 8.45. The van der Waals surface area contributed by atoms with Gasteiger partial charge in [-0.1, -0.05) is 45.9 Å². The molecule has 0 fully saturated rings. The third-order valence-corrected chi connectivity index (χ3v) is 4.17. The van der Waals surface area contributed by atoms with E-state index in [1.807, 2.05) is 39.0 Å². The van der Waals surface area contributed by atoms with Crippen molar-refractivity contribution in [2.75, 3.05) is 6.61 Å². The van der Waals surface area contributed by atoms with Gasteiger partial charge in [-0.15, -0.1) is 0 Å². The zero-order chi connectivity index (χ0) is 16.5. The lowest BCUT2D eigenvalue weighted by Crippen LogP contribution is -2.26. The van der Waals surface area contributed by atoms with E-state index in [1.54, 1.807) is 0 Å². The second-order valence-electron chi connectivity index (χ2n) is 5.92. The van der Waals surface area contributed by atoms with E-state index in [0.717, 1.165) is 25.0 Å². The Balaban J connectivity index is 2.57. The van der Waals surface area contributed by atoms with Gasteiger partial charge in [0, 0.05) is 0 Å². The van der Waals surface area contributed by atoms with Gasteiger partial charge in [-0.3, -0.25) is 4.79 Å². The number of benzene rings is 1. The maximum Gasteiger partial charge on any atom is 0.309 e. The molecule has 0 spiro atoms. The maximum atomic E-state index is 12.0. The molecule has 0 saturated carbocycles. The number of hydrogen-bond donors (Lipinski definition) is 0. The molecule has 1 aromatic carbocycles. The first-order chi connectivity index (χ1) is 10.5. The predicted molar refractivity (Wildman–Crippen MR) is 90.3 cm³/mol. The standard InChI is InChI=1S/C19H30O3/c1-6-14(4)17-11-9-10-12-18(17)21-13-15(5)22-19(20)16(7-2)8-3/h9-12,14-16H,6-8,13H2,1-5H3/t14-,15+/m0/s1. The summed E-state index contributed by atoms with van der Waals surface area (Å²) in [6, 6.07) is 8.09. The molecular weight excluding hydrogens is 276 g/mol. The monoisotopic (exact) mass is 306 g/mol. The molecule has 3 heteroatoms. The van der Waals surface area contributed by atoms with Crippen LogP contribution in [0.5, 0.6) is 5.75 Å². The van der Waals surface area contributed by atoms with Gasteiger partial charge < -0.3 is 9.47 Å². The molecule has 22 heavy (non-hydrogen) atoms. The Bertz CT molecular complexity index is 452. The average Bonchev–Trinajstić information content (AvgIpc) is 2.53. The molecule has 1 aromatic rings. The van der Waals surface area contributed by atoms with Gasteiger partial charge in [0.15, 0.2) is 0 Å². The molecule has 0 unspecified atom stereocenters. The molecular formula is C19H30O3. The van der Waals surface area contributed by atoms with Crippen LogP contribution < -0.4 is 4.74 Å². The van der Waals surface area contributed by atoms with E-state index in [-0.39, 0.29) is 18.0 Å². The number of hydrogen-bond acceptors (Lipinski definition) is 3. The maximum absolute atomic E-state index is 12.0. The first-order valence-electron chi connectivity index (χ1n) is 8.45. The van der Waals surface area contributed by atoms with Crippen molar-refractivity contribution in [3.63, 3.8) is 0 Å². The van der Waals surface area contributed by atoms with Gasteiger partial charge in [0.2, 0.25) is 0 Å². The van der Waals surface area contributed by atoms with Crippen molar-refractivity contribution in [1.82, 2.24) is 0 Å². The molecule has 3 nitrogen and oxygen atoms in total. The number of rotatable bonds is 9. The fraction of sp³-hybridized carbons (Fsp3) is 0.632. The van der Waals surface area contributed by atoms with Gasteiger partial charge in [0.1, 0.15) is 18.5 Å². The molecule has 0 aliphatic heterocycles. The Labute approximate surface area is 135 Å². The molecule has 0 saturated heterocycles. The molecule has 0 amide bonds. The highest BCUT2D eigenvalue weighted by Crippen LogP contribution is 2.28. The summed E-state index contributed by atoms with van der Waals surface area (Å²) in [4.78, 5) is 12.0. The Morgan fingerprint density at radius 1 is 1.05 bits per heavy atom. The molecule has 1 rings (SSSR count). The zero-order valence-corrected chi connectivity index (χ0v) is 14.6. The van der Waals surface area contributed by atoms with Crippen LogP contribution in [-0.4, -0.2) is 18.7 Å². The molecule has 2 atom stereocenters. The van der Waals surface area contributed by atoms with Crippen LogP contribution in [0.2, 0.25) is 0 Å². The summed E-state index contributed by atoms with van der Waals surface area (Å²) in [5.74, 6) is 1.23. The molecule has 0 aromatic heterocycles. The van der Waals surface area contributed by atoms with Crippen LogP contribution in [0.25, 0.3) is 0 Å². The number of carbonyl (C=O) groups is 1. The molecule has 0 radical (unpaired) electrons. The summed E-state index contributed by atoms with van der Waals surface area (Å²) in [7, 11) is 0. The van der Waals surface area contributed by atoms with Crippen LogP contribution in [0.4, 0.5) is 0 Å². The topological polar surface area (TPSA) is 35.5 Å². The van der Waals surface area contributed by atoms with E-state index in [4.69, 9.17) is 9.47 Å². The summed E-state index contributed by atoms with van der Waals surface area (Å²) >= 11 is 0. The van der Waals surface area contributed by atoms with Crippen LogP contribution in [0.15, 0.2) is 24.3 Å². The molecule has 0 aliphatic rings. The van der Waals surface area contributed by atoms with Gasteiger partial charge in [0.25, 0.3) is 0 Å². The average molecular weight is 306 g/mol. The third-order valence-electron chi connectivity index (χ3n) is 4.17. The third kappa shape index (κ3) is 5.36. The van der Waals surface area contributed by atoms with Gasteiger partial charge in [0.05, 0.1) is 5.92 Å². The summed E-state index contributed by atoms with van der Waals surface area (Å²) < 4.78 is 11.4. The van der Waals surface area contributed by atoms with E-state index >= 15 is 0 Å². The molecule has 0 N–H and O–H groups in total. The summed E-state index contributed by atoms with van der Waals surface area (Å²) in [5, 5.41) is 0. The van der Waals surface area contributed by atoms with Crippen molar-refractivity contribution in [2.24, 2.45) is 5.92 Å². The van der Waals surface area contributed by atoms with Gasteiger partial charge in [-0.05, 0) is 43.7 Å². The lowest BCUT2D eigenvalue weighted by molar-refractivity contribution is -0.154. The number of para-hydroxylation sites is 1. The van der Waals surface area contributed by atoms with Crippen molar-refractivity contribution in [3.8, 4) is 5.75 Å². The lowest BCUT2D eigenvalue weighted by Gasteiger charge is -2.20. The van der Waals surface area contributed by atoms with Crippen molar-refractivity contribution >= 4 is 5.97 Å². The van der Waals surface area contributed by atoms with E-state index in [1.165, 1.54) is 5.56 Å². The fourth-order valence-electron chi connectivity index (χ4n) is 2.40. The minimum Gasteiger partial charge on any atom is -0.489 e. The largest absolute Gasteiger partial charge is 0.489 e. The first kappa shape index (κ1) is 18.5. The van der Waals surface area contributed by atoms with Crippen molar-refractivity contribution in [2.45, 2.75) is 65.9 Å². The highest BCUT2D eigenvalue weighted by Gasteiger charge is 2.19. The number of carbonyl (C=O) groups excluding carboxylic acids is 1. The Kier molecular flexibility index (Phi) is 8.00. The van der Waals surface area contributed by atoms with E-state index in [2.05, 4.69) is 19.9 Å². The van der Waals surface area contributed by atoms with Gasteiger partial charge in [-0.2, -0.15) is 0 Å². The highest BCUT2D eigenvalue weighted by atomic mass is 16.6. The summed E-state index contributed by atoms with van der Waals surface area (Å²) in [5.41, 5.74) is 1.21. The van der Waals surface area contributed by atoms with E-state index in [9.17, 15) is 4.79 Å². The predicted octanol–water partition coefficient (Wildman–Crippen LogP) is 4.95. The Hall–Kier alpha value is -1.51. The second kappa shape index (κ2) is 9.50. The SMILES string of the molecule is CCC(CC)C(=O)O[C@H](C)COc1ccccc1[C@@H](C)CC. The normalized spacial score (nSPS) is 13.7. The lowest BCUT2D eigenvalue weighted by atomic mass is 9.98. The van der Waals surface area contributed by atoms with E-state index < -0.39 is 0 Å². The van der Waals surface area contributed by atoms with E-state index in [0.29, 0.717) is 12.5 Å². The fourth-order valence-corrected chi connectivity index (χ4v) is 2.40. The van der Waals surface area contributed by atoms with Crippen LogP contribution in [0.3, 0.4) is 0 Å². The summed E-state index contributed by atoms with van der Waals surface area (Å²) in [6.07, 6.45) is 2.47. The van der Waals surface area contributed by atoms with Crippen molar-refractivity contribution < 1.29 is 14.3 Å². The minimum absolute atomic E-state index is 0.00477. The quantitative estimate of drug-likeness (QED) is 0.606. The number of ether oxygens (including phenoxy) is 2. The van der Waals surface area contributed by atoms with Gasteiger partial charge >= 0.3 is 5.97 Å². The van der Waals surface area contributed by atoms with Crippen molar-refractivity contribution in [3.05, 3.63) is 29.8 Å². The Morgan fingerprint density at radius 3 is 2.27 bits per heavy atom. The van der Waals surface area contributed by atoms with Gasteiger partial charge in [-0.25, -0.2) is 0 Å². The highest BCUT2D eigenvalue weighted by molar-refractivity contribution is 5.72. The smallest absolute Gasteiger partial charge is 0.309 e. The minimum atomic E-state index is -0.238. The van der Waals surface area contributed by atoms with Crippen LogP contribution >= 0.6 is 0 Å². The number of esters is 1. The summed E-state index contributed by atoms with van der Waals surface area (Å²) in [6.45, 7) is 10.7. The zero-order valence-electron chi connectivity index (χ0n) is 14.6. The Morgan fingerprint density at radius 2 is 1.68 bits per heavy atom.